The Bertz CT molecular complexity index is 478. The second-order valence-electron chi connectivity index (χ2n) is 4.86. The summed E-state index contributed by atoms with van der Waals surface area (Å²) >= 11 is 0. The summed E-state index contributed by atoms with van der Waals surface area (Å²) < 4.78 is 0. The van der Waals surface area contributed by atoms with Gasteiger partial charge in [-0.2, -0.15) is 0 Å². The van der Waals surface area contributed by atoms with Crippen molar-refractivity contribution in [3.8, 4) is 11.1 Å². The van der Waals surface area contributed by atoms with Gasteiger partial charge in [0.25, 0.3) is 0 Å². The van der Waals surface area contributed by atoms with Gasteiger partial charge < -0.3 is 10.4 Å². The fraction of sp³-hybridized carbons (Fsp3) is 0.294. The SMILES string of the molecule is CC(CCO)NCc1ccc(-c2ccccc2)cc1. The van der Waals surface area contributed by atoms with Crippen molar-refractivity contribution < 1.29 is 5.11 Å². The van der Waals surface area contributed by atoms with E-state index in [9.17, 15) is 0 Å². The molecule has 0 saturated carbocycles. The Balaban J connectivity index is 1.95. The average Bonchev–Trinajstić information content (AvgIpc) is 2.47. The first-order chi connectivity index (χ1) is 9.29. The van der Waals surface area contributed by atoms with Crippen LogP contribution in [0.15, 0.2) is 54.6 Å². The number of hydrogen-bond donors (Lipinski definition) is 2. The van der Waals surface area contributed by atoms with E-state index in [2.05, 4.69) is 60.8 Å². The highest BCUT2D eigenvalue weighted by atomic mass is 16.3. The van der Waals surface area contributed by atoms with E-state index in [1.807, 2.05) is 6.07 Å². The molecule has 0 fully saturated rings. The summed E-state index contributed by atoms with van der Waals surface area (Å²) in [5.41, 5.74) is 3.76. The molecule has 19 heavy (non-hydrogen) atoms. The lowest BCUT2D eigenvalue weighted by Gasteiger charge is -2.12. The van der Waals surface area contributed by atoms with Crippen molar-refractivity contribution in [3.63, 3.8) is 0 Å². The van der Waals surface area contributed by atoms with Crippen LogP contribution in [0.25, 0.3) is 11.1 Å². The van der Waals surface area contributed by atoms with Gasteiger partial charge in [0.15, 0.2) is 0 Å². The zero-order valence-electron chi connectivity index (χ0n) is 11.3. The van der Waals surface area contributed by atoms with Crippen LogP contribution in [0.4, 0.5) is 0 Å². The summed E-state index contributed by atoms with van der Waals surface area (Å²) in [6.45, 7) is 3.17. The summed E-state index contributed by atoms with van der Waals surface area (Å²) in [7, 11) is 0. The van der Waals surface area contributed by atoms with Gasteiger partial charge >= 0.3 is 0 Å². The van der Waals surface area contributed by atoms with Crippen molar-refractivity contribution in [1.82, 2.24) is 5.32 Å². The second kappa shape index (κ2) is 7.07. The van der Waals surface area contributed by atoms with Gasteiger partial charge in [0.2, 0.25) is 0 Å². The lowest BCUT2D eigenvalue weighted by molar-refractivity contribution is 0.268. The van der Waals surface area contributed by atoms with E-state index >= 15 is 0 Å². The van der Waals surface area contributed by atoms with E-state index in [0.29, 0.717) is 6.04 Å². The molecule has 0 bridgehead atoms. The molecule has 100 valence electrons. The molecular formula is C17H21NO. The predicted octanol–water partition coefficient (Wildman–Crippen LogP) is 3.21. The van der Waals surface area contributed by atoms with Gasteiger partial charge in [0.1, 0.15) is 0 Å². The topological polar surface area (TPSA) is 32.3 Å². The monoisotopic (exact) mass is 255 g/mol. The van der Waals surface area contributed by atoms with Crippen molar-refractivity contribution in [2.75, 3.05) is 6.61 Å². The smallest absolute Gasteiger partial charge is 0.0445 e. The number of rotatable bonds is 6. The van der Waals surface area contributed by atoms with E-state index in [-0.39, 0.29) is 6.61 Å². The van der Waals surface area contributed by atoms with Gasteiger partial charge in [-0.05, 0) is 30.0 Å². The van der Waals surface area contributed by atoms with Crippen molar-refractivity contribution in [2.45, 2.75) is 25.9 Å². The quantitative estimate of drug-likeness (QED) is 0.830. The normalized spacial score (nSPS) is 12.3. The van der Waals surface area contributed by atoms with Crippen LogP contribution in [0.1, 0.15) is 18.9 Å². The summed E-state index contributed by atoms with van der Waals surface area (Å²) in [6.07, 6.45) is 0.794. The zero-order chi connectivity index (χ0) is 13.5. The third kappa shape index (κ3) is 4.19. The molecule has 0 aliphatic carbocycles. The Morgan fingerprint density at radius 3 is 2.21 bits per heavy atom. The van der Waals surface area contributed by atoms with Gasteiger partial charge in [-0.1, -0.05) is 54.6 Å². The van der Waals surface area contributed by atoms with Crippen molar-refractivity contribution in [2.24, 2.45) is 0 Å². The Morgan fingerprint density at radius 2 is 1.58 bits per heavy atom. The molecule has 0 aliphatic rings. The van der Waals surface area contributed by atoms with Gasteiger partial charge in [0.05, 0.1) is 0 Å². The molecule has 1 unspecified atom stereocenters. The molecule has 2 rings (SSSR count). The van der Waals surface area contributed by atoms with Crippen LogP contribution in [0.2, 0.25) is 0 Å². The maximum Gasteiger partial charge on any atom is 0.0445 e. The highest BCUT2D eigenvalue weighted by Gasteiger charge is 2.01. The minimum Gasteiger partial charge on any atom is -0.396 e. The van der Waals surface area contributed by atoms with Crippen LogP contribution < -0.4 is 5.32 Å². The van der Waals surface area contributed by atoms with Gasteiger partial charge in [-0.3, -0.25) is 0 Å². The molecule has 0 aromatic heterocycles. The minimum absolute atomic E-state index is 0.237. The van der Waals surface area contributed by atoms with Crippen LogP contribution in [0.5, 0.6) is 0 Å². The molecule has 0 aliphatic heterocycles. The lowest BCUT2D eigenvalue weighted by atomic mass is 10.0. The van der Waals surface area contributed by atoms with Crippen LogP contribution in [-0.2, 0) is 6.54 Å². The first-order valence-electron chi connectivity index (χ1n) is 6.78. The standard InChI is InChI=1S/C17H21NO/c1-14(11-12-19)18-13-15-7-9-17(10-8-15)16-5-3-2-4-6-16/h2-10,14,18-19H,11-13H2,1H3. The highest BCUT2D eigenvalue weighted by molar-refractivity contribution is 5.63. The molecule has 2 aromatic rings. The molecule has 2 nitrogen and oxygen atoms in total. The molecule has 0 heterocycles. The van der Waals surface area contributed by atoms with Gasteiger partial charge in [0, 0.05) is 19.2 Å². The van der Waals surface area contributed by atoms with Gasteiger partial charge in [-0.25, -0.2) is 0 Å². The Labute approximate surface area is 115 Å². The fourth-order valence-corrected chi connectivity index (χ4v) is 2.03. The van der Waals surface area contributed by atoms with Crippen LogP contribution in [-0.4, -0.2) is 17.8 Å². The van der Waals surface area contributed by atoms with E-state index in [1.54, 1.807) is 0 Å². The molecule has 0 spiro atoms. The van der Waals surface area contributed by atoms with E-state index in [1.165, 1.54) is 16.7 Å². The maximum absolute atomic E-state index is 8.86. The highest BCUT2D eigenvalue weighted by Crippen LogP contribution is 2.19. The largest absolute Gasteiger partial charge is 0.396 e. The third-order valence-electron chi connectivity index (χ3n) is 3.28. The Kier molecular flexibility index (Phi) is 5.13. The van der Waals surface area contributed by atoms with Crippen LogP contribution in [0.3, 0.4) is 0 Å². The molecule has 2 aromatic carbocycles. The fourth-order valence-electron chi connectivity index (χ4n) is 2.03. The maximum atomic E-state index is 8.86. The summed E-state index contributed by atoms with van der Waals surface area (Å²) in [5.74, 6) is 0. The number of hydrogen-bond acceptors (Lipinski definition) is 2. The Hall–Kier alpha value is -1.64. The molecule has 2 N–H and O–H groups in total. The van der Waals surface area contributed by atoms with Crippen LogP contribution >= 0.6 is 0 Å². The molecule has 1 atom stereocenters. The molecule has 0 amide bonds. The van der Waals surface area contributed by atoms with E-state index in [0.717, 1.165) is 13.0 Å². The zero-order valence-corrected chi connectivity index (χ0v) is 11.3. The van der Waals surface area contributed by atoms with Crippen molar-refractivity contribution in [3.05, 3.63) is 60.2 Å². The van der Waals surface area contributed by atoms with E-state index < -0.39 is 0 Å². The number of aliphatic hydroxyl groups excluding tert-OH is 1. The van der Waals surface area contributed by atoms with Crippen LogP contribution in [0, 0.1) is 0 Å². The first-order valence-corrected chi connectivity index (χ1v) is 6.78. The number of aliphatic hydroxyl groups is 1. The average molecular weight is 255 g/mol. The number of nitrogens with one attached hydrogen (secondary N) is 1. The molecular weight excluding hydrogens is 234 g/mol. The van der Waals surface area contributed by atoms with Crippen molar-refractivity contribution >= 4 is 0 Å². The second-order valence-corrected chi connectivity index (χ2v) is 4.86. The Morgan fingerprint density at radius 1 is 0.947 bits per heavy atom. The summed E-state index contributed by atoms with van der Waals surface area (Å²) in [4.78, 5) is 0. The third-order valence-corrected chi connectivity index (χ3v) is 3.28. The van der Waals surface area contributed by atoms with Gasteiger partial charge in [-0.15, -0.1) is 0 Å². The molecule has 0 radical (unpaired) electrons. The summed E-state index contributed by atoms with van der Waals surface area (Å²) in [5, 5.41) is 12.3. The predicted molar refractivity (Wildman–Crippen MR) is 79.9 cm³/mol. The van der Waals surface area contributed by atoms with Crippen molar-refractivity contribution in [1.29, 1.82) is 0 Å². The molecule has 0 saturated heterocycles. The van der Waals surface area contributed by atoms with E-state index in [4.69, 9.17) is 5.11 Å². The first kappa shape index (κ1) is 13.8. The lowest BCUT2D eigenvalue weighted by Crippen LogP contribution is -2.26. The molecule has 2 heteroatoms. The minimum atomic E-state index is 0.237. The summed E-state index contributed by atoms with van der Waals surface area (Å²) in [6, 6.07) is 19.4. The number of benzene rings is 2.